The van der Waals surface area contributed by atoms with Gasteiger partial charge in [0.25, 0.3) is 0 Å². The lowest BCUT2D eigenvalue weighted by molar-refractivity contribution is -0.123. The number of hydrogen-bond acceptors (Lipinski definition) is 3. The maximum atomic E-state index is 12.6. The van der Waals surface area contributed by atoms with Crippen LogP contribution in [-0.2, 0) is 4.79 Å². The van der Waals surface area contributed by atoms with Gasteiger partial charge in [0.15, 0.2) is 0 Å². The van der Waals surface area contributed by atoms with E-state index in [0.29, 0.717) is 24.7 Å². The molecule has 22 heavy (non-hydrogen) atoms. The highest BCUT2D eigenvalue weighted by Crippen LogP contribution is 2.32. The molecule has 2 heterocycles. The number of carbonyl (C=O) groups is 1. The van der Waals surface area contributed by atoms with Gasteiger partial charge in [-0.25, -0.2) is 0 Å². The summed E-state index contributed by atoms with van der Waals surface area (Å²) in [6.07, 6.45) is 6.00. The molecule has 0 saturated carbocycles. The summed E-state index contributed by atoms with van der Waals surface area (Å²) in [6, 6.07) is 11.4. The van der Waals surface area contributed by atoms with Crippen LogP contribution in [0.3, 0.4) is 0 Å². The average Bonchev–Trinajstić information content (AvgIpc) is 2.50. The van der Waals surface area contributed by atoms with Crippen LogP contribution in [-0.4, -0.2) is 42.5 Å². The summed E-state index contributed by atoms with van der Waals surface area (Å²) >= 11 is 0. The first-order valence-corrected chi connectivity index (χ1v) is 8.46. The van der Waals surface area contributed by atoms with Gasteiger partial charge in [0.1, 0.15) is 0 Å². The van der Waals surface area contributed by atoms with E-state index < -0.39 is 0 Å². The highest BCUT2D eigenvalue weighted by Gasteiger charge is 2.37. The fraction of sp³-hybridized carbons (Fsp3) is 0.611. The molecule has 0 spiro atoms. The number of nitrogens with zero attached hydrogens (tertiary/aromatic N) is 1. The minimum atomic E-state index is -0.235. The highest BCUT2D eigenvalue weighted by atomic mass is 16.2. The highest BCUT2D eigenvalue weighted by molar-refractivity contribution is 5.84. The molecule has 1 aromatic carbocycles. The van der Waals surface area contributed by atoms with Crippen LogP contribution in [0.25, 0.3) is 0 Å². The summed E-state index contributed by atoms with van der Waals surface area (Å²) in [5, 5.41) is 3.27. The van der Waals surface area contributed by atoms with E-state index >= 15 is 0 Å². The van der Waals surface area contributed by atoms with Crippen molar-refractivity contribution in [3.05, 3.63) is 35.9 Å². The van der Waals surface area contributed by atoms with Crippen molar-refractivity contribution >= 4 is 5.91 Å². The van der Waals surface area contributed by atoms with Gasteiger partial charge in [0.05, 0.1) is 5.92 Å². The van der Waals surface area contributed by atoms with Crippen molar-refractivity contribution in [2.45, 2.75) is 56.1 Å². The van der Waals surface area contributed by atoms with E-state index in [4.69, 9.17) is 5.73 Å². The number of nitrogens with one attached hydrogen (secondary N) is 1. The molecule has 3 rings (SSSR count). The zero-order valence-electron chi connectivity index (χ0n) is 13.4. The molecule has 120 valence electrons. The fourth-order valence-electron chi connectivity index (χ4n) is 4.12. The maximum Gasteiger partial charge on any atom is 0.229 e. The summed E-state index contributed by atoms with van der Waals surface area (Å²) in [5.41, 5.74) is 6.87. The van der Waals surface area contributed by atoms with E-state index in [2.05, 4.69) is 17.3 Å². The first kappa shape index (κ1) is 15.5. The van der Waals surface area contributed by atoms with Crippen LogP contribution in [0.4, 0.5) is 0 Å². The molecule has 2 aliphatic heterocycles. The molecule has 3 unspecified atom stereocenters. The number of carbonyl (C=O) groups excluding carboxylic acids is 1. The smallest absolute Gasteiger partial charge is 0.229 e. The van der Waals surface area contributed by atoms with Crippen LogP contribution < -0.4 is 11.1 Å². The topological polar surface area (TPSA) is 58.4 Å². The van der Waals surface area contributed by atoms with Crippen LogP contribution in [0.5, 0.6) is 0 Å². The van der Waals surface area contributed by atoms with Gasteiger partial charge in [0, 0.05) is 24.7 Å². The number of benzene rings is 1. The molecule has 2 saturated heterocycles. The van der Waals surface area contributed by atoms with Crippen molar-refractivity contribution in [1.82, 2.24) is 10.2 Å². The van der Waals surface area contributed by atoms with Crippen LogP contribution in [0.1, 0.15) is 43.6 Å². The first-order valence-electron chi connectivity index (χ1n) is 8.46. The van der Waals surface area contributed by atoms with Gasteiger partial charge in [-0.15, -0.1) is 0 Å². The molecule has 2 aliphatic rings. The van der Waals surface area contributed by atoms with Crippen LogP contribution >= 0.6 is 0 Å². The molecule has 3 N–H and O–H groups in total. The van der Waals surface area contributed by atoms with Crippen molar-refractivity contribution in [2.24, 2.45) is 5.73 Å². The number of hydrogen-bond donors (Lipinski definition) is 2. The van der Waals surface area contributed by atoms with Gasteiger partial charge in [-0.2, -0.15) is 0 Å². The van der Waals surface area contributed by atoms with Crippen molar-refractivity contribution in [1.29, 1.82) is 0 Å². The fourth-order valence-corrected chi connectivity index (χ4v) is 4.12. The third-order valence-electron chi connectivity index (χ3n) is 5.44. The Morgan fingerprint density at radius 2 is 1.91 bits per heavy atom. The Morgan fingerprint density at radius 3 is 2.50 bits per heavy atom. The van der Waals surface area contributed by atoms with Crippen molar-refractivity contribution in [2.75, 3.05) is 13.6 Å². The Labute approximate surface area is 133 Å². The predicted octanol–water partition coefficient (Wildman–Crippen LogP) is 1.86. The normalized spacial score (nSPS) is 29.8. The van der Waals surface area contributed by atoms with Gasteiger partial charge < -0.3 is 16.0 Å². The number of rotatable bonds is 4. The summed E-state index contributed by atoms with van der Waals surface area (Å²) in [6.45, 7) is 0.356. The summed E-state index contributed by atoms with van der Waals surface area (Å²) in [5.74, 6) is -0.151. The van der Waals surface area contributed by atoms with E-state index in [1.54, 1.807) is 0 Å². The van der Waals surface area contributed by atoms with Gasteiger partial charge in [-0.3, -0.25) is 4.79 Å². The molecule has 2 fully saturated rings. The zero-order chi connectivity index (χ0) is 15.5. The number of amides is 1. The minimum absolute atomic E-state index is 0.0846. The molecule has 4 nitrogen and oxygen atoms in total. The predicted molar refractivity (Wildman–Crippen MR) is 88.6 cm³/mol. The monoisotopic (exact) mass is 301 g/mol. The quantitative estimate of drug-likeness (QED) is 0.892. The van der Waals surface area contributed by atoms with Crippen LogP contribution in [0, 0.1) is 0 Å². The van der Waals surface area contributed by atoms with Gasteiger partial charge in [-0.05, 0) is 38.3 Å². The third-order valence-corrected chi connectivity index (χ3v) is 5.44. The maximum absolute atomic E-state index is 12.6. The minimum Gasteiger partial charge on any atom is -0.353 e. The standard InChI is InChI=1S/C18H27N3O/c1-21-15-8-5-9-16(21)11-14(10-15)20-18(22)17(12-19)13-6-3-2-4-7-13/h2-4,6-7,14-17H,5,8-12,19H2,1H3,(H,20,22). The Kier molecular flexibility index (Phi) is 4.79. The molecule has 4 heteroatoms. The lowest BCUT2D eigenvalue weighted by Crippen LogP contribution is -2.55. The van der Waals surface area contributed by atoms with Crippen molar-refractivity contribution in [3.63, 3.8) is 0 Å². The Bertz CT molecular complexity index is 490. The second-order valence-electron chi connectivity index (χ2n) is 6.78. The number of fused-ring (bicyclic) bond motifs is 2. The Hall–Kier alpha value is -1.39. The van der Waals surface area contributed by atoms with Crippen LogP contribution in [0.15, 0.2) is 30.3 Å². The third kappa shape index (κ3) is 3.18. The second kappa shape index (κ2) is 6.80. The zero-order valence-corrected chi connectivity index (χ0v) is 13.4. The Balaban J connectivity index is 1.64. The first-order chi connectivity index (χ1) is 10.7. The summed E-state index contributed by atoms with van der Waals surface area (Å²) in [7, 11) is 2.24. The SMILES string of the molecule is CN1C2CCCC1CC(NC(=O)C(CN)c1ccccc1)C2. The van der Waals surface area contributed by atoms with E-state index in [1.807, 2.05) is 30.3 Å². The molecule has 1 aromatic rings. The Morgan fingerprint density at radius 1 is 1.27 bits per heavy atom. The van der Waals surface area contributed by atoms with E-state index in [1.165, 1.54) is 19.3 Å². The molecule has 1 amide bonds. The van der Waals surface area contributed by atoms with E-state index in [0.717, 1.165) is 18.4 Å². The van der Waals surface area contributed by atoms with Crippen LogP contribution in [0.2, 0.25) is 0 Å². The molecular weight excluding hydrogens is 274 g/mol. The molecule has 0 aliphatic carbocycles. The molecule has 2 bridgehead atoms. The number of nitrogens with two attached hydrogens (primary N) is 1. The summed E-state index contributed by atoms with van der Waals surface area (Å²) < 4.78 is 0. The summed E-state index contributed by atoms with van der Waals surface area (Å²) in [4.78, 5) is 15.2. The lowest BCUT2D eigenvalue weighted by atomic mass is 9.82. The second-order valence-corrected chi connectivity index (χ2v) is 6.78. The molecule has 3 atom stereocenters. The average molecular weight is 301 g/mol. The number of piperidine rings is 2. The van der Waals surface area contributed by atoms with Crippen molar-refractivity contribution in [3.8, 4) is 0 Å². The largest absolute Gasteiger partial charge is 0.353 e. The van der Waals surface area contributed by atoms with Crippen molar-refractivity contribution < 1.29 is 4.79 Å². The van der Waals surface area contributed by atoms with E-state index in [9.17, 15) is 4.79 Å². The van der Waals surface area contributed by atoms with Gasteiger partial charge in [0.2, 0.25) is 5.91 Å². The lowest BCUT2D eigenvalue weighted by Gasteiger charge is -2.47. The van der Waals surface area contributed by atoms with Gasteiger partial charge >= 0.3 is 0 Å². The molecular formula is C18H27N3O. The van der Waals surface area contributed by atoms with E-state index in [-0.39, 0.29) is 11.8 Å². The molecule has 0 radical (unpaired) electrons. The molecule has 0 aromatic heterocycles. The van der Waals surface area contributed by atoms with Gasteiger partial charge in [-0.1, -0.05) is 36.8 Å².